The number of carbonyl (C=O) groups is 2. The van der Waals surface area contributed by atoms with Gasteiger partial charge >= 0.3 is 5.97 Å². The van der Waals surface area contributed by atoms with E-state index in [0.29, 0.717) is 25.9 Å². The van der Waals surface area contributed by atoms with E-state index in [2.05, 4.69) is 41.3 Å². The monoisotopic (exact) mass is 398 g/mol. The number of hydrogen-bond acceptors (Lipinski definition) is 3. The number of rotatable bonds is 13. The van der Waals surface area contributed by atoms with Gasteiger partial charge in [-0.25, -0.2) is 0 Å². The minimum atomic E-state index is -0.752. The summed E-state index contributed by atoms with van der Waals surface area (Å²) in [6.45, 7) is 2.31. The van der Waals surface area contributed by atoms with Crippen molar-refractivity contribution >= 4 is 22.6 Å². The molecule has 1 N–H and O–H groups in total. The first-order chi connectivity index (χ1) is 14.0. The molecule has 0 radical (unpaired) electrons. The summed E-state index contributed by atoms with van der Waals surface area (Å²) in [6.07, 6.45) is 4.80. The van der Waals surface area contributed by atoms with Crippen LogP contribution < -0.4 is 0 Å². The molecule has 0 heterocycles. The molecule has 0 aliphatic heterocycles. The molecule has 1 amide bonds. The van der Waals surface area contributed by atoms with Gasteiger partial charge in [0.05, 0.1) is 0 Å². The van der Waals surface area contributed by atoms with Crippen LogP contribution in [0, 0.1) is 0 Å². The molecular formula is C24H34N2O3. The molecule has 0 atom stereocenters. The molecule has 5 heteroatoms. The lowest BCUT2D eigenvalue weighted by Crippen LogP contribution is -2.34. The second-order valence-corrected chi connectivity index (χ2v) is 7.88. The van der Waals surface area contributed by atoms with Crippen LogP contribution in [0.4, 0.5) is 0 Å². The number of carboxylic acid groups (broad SMARTS) is 1. The molecule has 158 valence electrons. The standard InChI is InChI=1S/C24H34N2O3/c1-25(2)17-9-14-23(27)26(18-7-3-4-15-24(28)29)19-16-21-12-8-11-20-10-5-6-13-22(20)21/h5-6,8,10-13H,3-4,7,9,14-19H2,1-2H3,(H,28,29). The van der Waals surface area contributed by atoms with Gasteiger partial charge in [0.2, 0.25) is 5.91 Å². The molecule has 0 fully saturated rings. The molecule has 0 aromatic heterocycles. The highest BCUT2D eigenvalue weighted by atomic mass is 16.4. The van der Waals surface area contributed by atoms with Gasteiger partial charge in [-0.1, -0.05) is 48.9 Å². The van der Waals surface area contributed by atoms with Gasteiger partial charge in [-0.15, -0.1) is 0 Å². The van der Waals surface area contributed by atoms with Gasteiger partial charge in [0.25, 0.3) is 0 Å². The third-order valence-corrected chi connectivity index (χ3v) is 5.20. The van der Waals surface area contributed by atoms with E-state index in [9.17, 15) is 9.59 Å². The second-order valence-electron chi connectivity index (χ2n) is 7.88. The minimum absolute atomic E-state index is 0.199. The molecular weight excluding hydrogens is 364 g/mol. The normalized spacial score (nSPS) is 11.1. The van der Waals surface area contributed by atoms with Crippen molar-refractivity contribution in [3.63, 3.8) is 0 Å². The number of aliphatic carboxylic acids is 1. The second kappa shape index (κ2) is 12.2. The average molecular weight is 399 g/mol. The van der Waals surface area contributed by atoms with Crippen LogP contribution in [0.15, 0.2) is 42.5 Å². The number of fused-ring (bicyclic) bond motifs is 1. The van der Waals surface area contributed by atoms with E-state index < -0.39 is 5.97 Å². The molecule has 0 aliphatic rings. The zero-order valence-corrected chi connectivity index (χ0v) is 17.8. The van der Waals surface area contributed by atoms with Crippen molar-refractivity contribution in [2.45, 2.75) is 44.9 Å². The molecule has 2 aromatic rings. The van der Waals surface area contributed by atoms with E-state index in [-0.39, 0.29) is 12.3 Å². The van der Waals surface area contributed by atoms with Crippen LogP contribution in [-0.4, -0.2) is 60.5 Å². The van der Waals surface area contributed by atoms with Gasteiger partial charge in [0.15, 0.2) is 0 Å². The first-order valence-corrected chi connectivity index (χ1v) is 10.6. The molecule has 0 saturated carbocycles. The molecule has 0 spiro atoms. The maximum Gasteiger partial charge on any atom is 0.303 e. The van der Waals surface area contributed by atoms with Crippen LogP contribution in [0.5, 0.6) is 0 Å². The van der Waals surface area contributed by atoms with Gasteiger partial charge in [-0.05, 0) is 62.7 Å². The van der Waals surface area contributed by atoms with Crippen molar-refractivity contribution in [1.29, 1.82) is 0 Å². The van der Waals surface area contributed by atoms with Crippen LogP contribution in [0.1, 0.15) is 44.1 Å². The van der Waals surface area contributed by atoms with Crippen molar-refractivity contribution in [3.8, 4) is 0 Å². The molecule has 2 aromatic carbocycles. The maximum absolute atomic E-state index is 12.8. The third-order valence-electron chi connectivity index (χ3n) is 5.20. The summed E-state index contributed by atoms with van der Waals surface area (Å²) in [6, 6.07) is 14.7. The average Bonchev–Trinajstić information content (AvgIpc) is 2.69. The molecule has 2 rings (SSSR count). The highest BCUT2D eigenvalue weighted by Crippen LogP contribution is 2.19. The summed E-state index contributed by atoms with van der Waals surface area (Å²) in [5.74, 6) is -0.553. The van der Waals surface area contributed by atoms with Crippen LogP contribution in [0.2, 0.25) is 0 Å². The topological polar surface area (TPSA) is 60.9 Å². The fraction of sp³-hybridized carbons (Fsp3) is 0.500. The predicted molar refractivity (Wildman–Crippen MR) is 118 cm³/mol. The summed E-state index contributed by atoms with van der Waals surface area (Å²) < 4.78 is 0. The number of unbranched alkanes of at least 4 members (excludes halogenated alkanes) is 2. The van der Waals surface area contributed by atoms with E-state index in [1.165, 1.54) is 16.3 Å². The number of carbonyl (C=O) groups excluding carboxylic acids is 1. The highest BCUT2D eigenvalue weighted by molar-refractivity contribution is 5.85. The summed E-state index contributed by atoms with van der Waals surface area (Å²) in [5, 5.41) is 11.3. The van der Waals surface area contributed by atoms with Gasteiger partial charge in [0.1, 0.15) is 0 Å². The van der Waals surface area contributed by atoms with E-state index >= 15 is 0 Å². The molecule has 5 nitrogen and oxygen atoms in total. The molecule has 0 saturated heterocycles. The largest absolute Gasteiger partial charge is 0.481 e. The van der Waals surface area contributed by atoms with E-state index in [1.807, 2.05) is 25.1 Å². The van der Waals surface area contributed by atoms with Crippen molar-refractivity contribution in [1.82, 2.24) is 9.80 Å². The van der Waals surface area contributed by atoms with Crippen LogP contribution in [0.25, 0.3) is 10.8 Å². The Morgan fingerprint density at radius 3 is 2.34 bits per heavy atom. The Balaban J connectivity index is 1.95. The summed E-state index contributed by atoms with van der Waals surface area (Å²) >= 11 is 0. The number of hydrogen-bond donors (Lipinski definition) is 1. The highest BCUT2D eigenvalue weighted by Gasteiger charge is 2.14. The minimum Gasteiger partial charge on any atom is -0.481 e. The van der Waals surface area contributed by atoms with Crippen LogP contribution >= 0.6 is 0 Å². The lowest BCUT2D eigenvalue weighted by Gasteiger charge is -2.24. The van der Waals surface area contributed by atoms with E-state index in [1.54, 1.807) is 0 Å². The Bertz CT molecular complexity index is 783. The van der Waals surface area contributed by atoms with Gasteiger partial charge in [0, 0.05) is 25.9 Å². The van der Waals surface area contributed by atoms with Gasteiger partial charge < -0.3 is 14.9 Å². The molecule has 0 aliphatic carbocycles. The Kier molecular flexibility index (Phi) is 9.65. The summed E-state index contributed by atoms with van der Waals surface area (Å²) in [5.41, 5.74) is 1.26. The molecule has 0 unspecified atom stereocenters. The maximum atomic E-state index is 12.8. The van der Waals surface area contributed by atoms with Crippen molar-refractivity contribution in [2.75, 3.05) is 33.7 Å². The van der Waals surface area contributed by atoms with Crippen LogP contribution in [-0.2, 0) is 16.0 Å². The first kappa shape index (κ1) is 22.9. The molecule has 0 bridgehead atoms. The quantitative estimate of drug-likeness (QED) is 0.514. The Labute approximate surface area is 174 Å². The number of nitrogens with zero attached hydrogens (tertiary/aromatic N) is 2. The summed E-state index contributed by atoms with van der Waals surface area (Å²) in [4.78, 5) is 27.5. The number of benzene rings is 2. The number of amides is 1. The van der Waals surface area contributed by atoms with E-state index in [0.717, 1.165) is 32.2 Å². The van der Waals surface area contributed by atoms with Crippen molar-refractivity contribution in [2.24, 2.45) is 0 Å². The lowest BCUT2D eigenvalue weighted by atomic mass is 10.0. The third kappa shape index (κ3) is 8.24. The Hall–Kier alpha value is -2.40. The smallest absolute Gasteiger partial charge is 0.303 e. The first-order valence-electron chi connectivity index (χ1n) is 10.6. The zero-order chi connectivity index (χ0) is 21.1. The summed E-state index contributed by atoms with van der Waals surface area (Å²) in [7, 11) is 4.04. The lowest BCUT2D eigenvalue weighted by molar-refractivity contribution is -0.137. The van der Waals surface area contributed by atoms with Crippen molar-refractivity contribution in [3.05, 3.63) is 48.0 Å². The van der Waals surface area contributed by atoms with E-state index in [4.69, 9.17) is 5.11 Å². The Morgan fingerprint density at radius 1 is 0.828 bits per heavy atom. The number of carboxylic acids is 1. The fourth-order valence-electron chi connectivity index (χ4n) is 3.59. The Morgan fingerprint density at radius 2 is 1.59 bits per heavy atom. The van der Waals surface area contributed by atoms with Gasteiger partial charge in [-0.2, -0.15) is 0 Å². The zero-order valence-electron chi connectivity index (χ0n) is 17.8. The fourth-order valence-corrected chi connectivity index (χ4v) is 3.59. The van der Waals surface area contributed by atoms with Crippen molar-refractivity contribution < 1.29 is 14.7 Å². The predicted octanol–water partition coefficient (Wildman–Crippen LogP) is 4.20. The van der Waals surface area contributed by atoms with Gasteiger partial charge in [-0.3, -0.25) is 9.59 Å². The SMILES string of the molecule is CN(C)CCCC(=O)N(CCCCCC(=O)O)CCc1cccc2ccccc12. The van der Waals surface area contributed by atoms with Crippen LogP contribution in [0.3, 0.4) is 0 Å². The molecule has 29 heavy (non-hydrogen) atoms.